The predicted octanol–water partition coefficient (Wildman–Crippen LogP) is 7.02. The average Bonchev–Trinajstić information content (AvgIpc) is 3.24. The van der Waals surface area contributed by atoms with Crippen LogP contribution in [0.15, 0.2) is 51.8 Å². The average molecular weight is 558 g/mol. The molecule has 1 aliphatic rings. The topological polar surface area (TPSA) is 69.6 Å². The zero-order chi connectivity index (χ0) is 23.7. The van der Waals surface area contributed by atoms with Gasteiger partial charge in [-0.25, -0.2) is 4.39 Å². The maximum atomic E-state index is 14.5. The maximum Gasteiger partial charge on any atom is 0.325 e. The lowest BCUT2D eigenvalue weighted by Crippen LogP contribution is -2.23. The van der Waals surface area contributed by atoms with Crippen LogP contribution < -0.4 is 5.32 Å². The molecule has 2 aromatic carbocycles. The zero-order valence-corrected chi connectivity index (χ0v) is 22.2. The molecule has 0 unspecified atom stereocenters. The van der Waals surface area contributed by atoms with Gasteiger partial charge in [0.15, 0.2) is 0 Å². The molecule has 3 rings (SSSR count). The summed E-state index contributed by atoms with van der Waals surface area (Å²) in [5.74, 6) is 0.987. The van der Waals surface area contributed by atoms with Crippen molar-refractivity contribution in [2.75, 3.05) is 18.5 Å². The standard InChI is InChI=1S/C25H34BrFNO3PS/c26-22-18-20(19-28-15-7-16-32(29,30)31)10-11-24(22)33-17-6-5-14-25(12-3-4-13-25)21-8-1-2-9-23(21)27/h1-2,8-11,18,28H,3-7,12-17,19H2,(H2,29,30,31). The Kier molecular flexibility index (Phi) is 10.5. The van der Waals surface area contributed by atoms with Crippen molar-refractivity contribution in [2.45, 2.75) is 68.2 Å². The Hall–Kier alpha value is -0.690. The molecule has 1 aliphatic carbocycles. The van der Waals surface area contributed by atoms with Gasteiger partial charge in [-0.3, -0.25) is 4.57 Å². The Morgan fingerprint density at radius 2 is 1.85 bits per heavy atom. The number of benzene rings is 2. The lowest BCUT2D eigenvalue weighted by atomic mass is 9.75. The minimum absolute atomic E-state index is 0.0243. The lowest BCUT2D eigenvalue weighted by Gasteiger charge is -2.30. The number of halogens is 2. The Balaban J connectivity index is 1.40. The number of hydrogen-bond donors (Lipinski definition) is 3. The van der Waals surface area contributed by atoms with E-state index in [2.05, 4.69) is 39.4 Å². The van der Waals surface area contributed by atoms with Crippen molar-refractivity contribution in [3.63, 3.8) is 0 Å². The second-order valence-electron chi connectivity index (χ2n) is 8.96. The summed E-state index contributed by atoms with van der Waals surface area (Å²) in [4.78, 5) is 19.0. The lowest BCUT2D eigenvalue weighted by molar-refractivity contribution is 0.371. The van der Waals surface area contributed by atoms with Gasteiger partial charge in [0, 0.05) is 15.9 Å². The molecule has 1 fully saturated rings. The van der Waals surface area contributed by atoms with Gasteiger partial charge in [0.25, 0.3) is 0 Å². The minimum atomic E-state index is -3.90. The molecule has 0 aromatic heterocycles. The number of thioether (sulfide) groups is 1. The molecular weight excluding hydrogens is 524 g/mol. The van der Waals surface area contributed by atoms with Gasteiger partial charge in [0.2, 0.25) is 0 Å². The van der Waals surface area contributed by atoms with E-state index in [-0.39, 0.29) is 17.4 Å². The van der Waals surface area contributed by atoms with Crippen molar-refractivity contribution < 1.29 is 18.7 Å². The highest BCUT2D eigenvalue weighted by atomic mass is 79.9. The van der Waals surface area contributed by atoms with Crippen molar-refractivity contribution in [3.05, 3.63) is 63.9 Å². The van der Waals surface area contributed by atoms with Gasteiger partial charge in [-0.05, 0) is 95.1 Å². The van der Waals surface area contributed by atoms with Crippen LogP contribution in [-0.2, 0) is 16.5 Å². The van der Waals surface area contributed by atoms with Crippen LogP contribution in [0.2, 0.25) is 0 Å². The molecule has 3 N–H and O–H groups in total. The van der Waals surface area contributed by atoms with Crippen LogP contribution in [0, 0.1) is 5.82 Å². The summed E-state index contributed by atoms with van der Waals surface area (Å²) in [6.45, 7) is 1.25. The first kappa shape index (κ1) is 26.9. The molecule has 33 heavy (non-hydrogen) atoms. The summed E-state index contributed by atoms with van der Waals surface area (Å²) in [7, 11) is -3.90. The van der Waals surface area contributed by atoms with E-state index in [1.807, 2.05) is 23.9 Å². The molecule has 4 nitrogen and oxygen atoms in total. The smallest absolute Gasteiger partial charge is 0.324 e. The van der Waals surface area contributed by atoms with E-state index in [0.717, 1.165) is 53.5 Å². The number of rotatable bonds is 13. The van der Waals surface area contributed by atoms with Crippen molar-refractivity contribution in [3.8, 4) is 0 Å². The molecule has 0 saturated heterocycles. The van der Waals surface area contributed by atoms with Gasteiger partial charge in [0.05, 0.1) is 6.16 Å². The first-order chi connectivity index (χ1) is 15.8. The van der Waals surface area contributed by atoms with Gasteiger partial charge in [0.1, 0.15) is 5.82 Å². The van der Waals surface area contributed by atoms with Crippen LogP contribution in [0.5, 0.6) is 0 Å². The van der Waals surface area contributed by atoms with E-state index in [9.17, 15) is 8.96 Å². The Bertz CT molecular complexity index is 949. The van der Waals surface area contributed by atoms with E-state index in [0.29, 0.717) is 19.5 Å². The molecule has 0 heterocycles. The van der Waals surface area contributed by atoms with Crippen molar-refractivity contribution in [2.24, 2.45) is 0 Å². The third-order valence-electron chi connectivity index (χ3n) is 6.44. The largest absolute Gasteiger partial charge is 0.325 e. The molecular formula is C25H34BrFNO3PS. The zero-order valence-electron chi connectivity index (χ0n) is 18.9. The first-order valence-corrected chi connectivity index (χ1v) is 15.3. The van der Waals surface area contributed by atoms with E-state index in [4.69, 9.17) is 9.79 Å². The highest BCUT2D eigenvalue weighted by Crippen LogP contribution is 2.46. The van der Waals surface area contributed by atoms with Gasteiger partial charge in [-0.15, -0.1) is 11.8 Å². The summed E-state index contributed by atoms with van der Waals surface area (Å²) >= 11 is 5.52. The van der Waals surface area contributed by atoms with Gasteiger partial charge < -0.3 is 15.1 Å². The second-order valence-corrected chi connectivity index (χ2v) is 12.7. The van der Waals surface area contributed by atoms with Crippen molar-refractivity contribution in [1.82, 2.24) is 5.32 Å². The highest BCUT2D eigenvalue weighted by molar-refractivity contribution is 9.10. The Labute approximate surface area is 209 Å². The Morgan fingerprint density at radius 3 is 2.55 bits per heavy atom. The maximum absolute atomic E-state index is 14.5. The van der Waals surface area contributed by atoms with E-state index < -0.39 is 7.60 Å². The van der Waals surface area contributed by atoms with Crippen LogP contribution in [0.1, 0.15) is 62.5 Å². The summed E-state index contributed by atoms with van der Waals surface area (Å²) < 4.78 is 26.4. The SMILES string of the molecule is O=P(O)(O)CCCNCc1ccc(SCCCCC2(c3ccccc3F)CCCC2)c(Br)c1. The van der Waals surface area contributed by atoms with Gasteiger partial charge in [-0.1, -0.05) is 43.5 Å². The van der Waals surface area contributed by atoms with E-state index >= 15 is 0 Å². The quantitative estimate of drug-likeness (QED) is 0.140. The van der Waals surface area contributed by atoms with Crippen LogP contribution >= 0.6 is 35.3 Å². The third kappa shape index (κ3) is 8.48. The highest BCUT2D eigenvalue weighted by Gasteiger charge is 2.36. The van der Waals surface area contributed by atoms with Crippen LogP contribution in [0.25, 0.3) is 0 Å². The molecule has 1 saturated carbocycles. The predicted molar refractivity (Wildman–Crippen MR) is 138 cm³/mol. The third-order valence-corrected chi connectivity index (χ3v) is 9.42. The fraction of sp³-hybridized carbons (Fsp3) is 0.520. The molecule has 0 atom stereocenters. The summed E-state index contributed by atoms with van der Waals surface area (Å²) in [5.41, 5.74) is 2.08. The molecule has 0 spiro atoms. The molecule has 2 aromatic rings. The summed E-state index contributed by atoms with van der Waals surface area (Å²) in [6.07, 6.45) is 8.23. The number of unbranched alkanes of at least 4 members (excludes halogenated alkanes) is 1. The van der Waals surface area contributed by atoms with Crippen molar-refractivity contribution in [1.29, 1.82) is 0 Å². The van der Waals surface area contributed by atoms with Gasteiger partial charge >= 0.3 is 7.60 Å². The van der Waals surface area contributed by atoms with Crippen LogP contribution in [0.3, 0.4) is 0 Å². The number of nitrogens with one attached hydrogen (secondary N) is 1. The van der Waals surface area contributed by atoms with Crippen LogP contribution in [0.4, 0.5) is 4.39 Å². The first-order valence-electron chi connectivity index (χ1n) is 11.7. The summed E-state index contributed by atoms with van der Waals surface area (Å²) in [5, 5.41) is 3.23. The molecule has 0 amide bonds. The minimum Gasteiger partial charge on any atom is -0.324 e. The van der Waals surface area contributed by atoms with E-state index in [1.165, 1.54) is 17.7 Å². The van der Waals surface area contributed by atoms with E-state index in [1.54, 1.807) is 12.1 Å². The molecule has 182 valence electrons. The molecule has 0 radical (unpaired) electrons. The monoisotopic (exact) mass is 557 g/mol. The second kappa shape index (κ2) is 12.9. The molecule has 8 heteroatoms. The molecule has 0 bridgehead atoms. The number of hydrogen-bond acceptors (Lipinski definition) is 3. The Morgan fingerprint density at radius 1 is 1.09 bits per heavy atom. The normalized spacial score (nSPS) is 15.8. The van der Waals surface area contributed by atoms with Crippen LogP contribution in [-0.4, -0.2) is 28.2 Å². The van der Waals surface area contributed by atoms with Crippen molar-refractivity contribution >= 4 is 35.3 Å². The van der Waals surface area contributed by atoms with Gasteiger partial charge in [-0.2, -0.15) is 0 Å². The fourth-order valence-corrected chi connectivity index (χ4v) is 7.03. The summed E-state index contributed by atoms with van der Waals surface area (Å²) in [6, 6.07) is 13.7. The molecule has 0 aliphatic heterocycles. The fourth-order valence-electron chi connectivity index (χ4n) is 4.76.